The Morgan fingerprint density at radius 3 is 2.48 bits per heavy atom. The molecular weight excluding hydrogens is 306 g/mol. The van der Waals surface area contributed by atoms with Crippen molar-refractivity contribution in [3.05, 3.63) is 24.3 Å². The Balaban J connectivity index is 1.60. The lowest BCUT2D eigenvalue weighted by Gasteiger charge is -2.46. The van der Waals surface area contributed by atoms with Gasteiger partial charge < -0.3 is 0 Å². The van der Waals surface area contributed by atoms with Crippen LogP contribution in [0.4, 0.5) is 0 Å². The summed E-state index contributed by atoms with van der Waals surface area (Å²) in [6.45, 7) is 2.25. The first-order chi connectivity index (χ1) is 12.2. The first kappa shape index (κ1) is 20.4. The number of carbonyl (C=O) groups excluding carboxylic acids is 1. The second-order valence-electron chi connectivity index (χ2n) is 8.05. The minimum atomic E-state index is 0.346. The number of carbonyl (C=O) groups is 1. The monoisotopic (exact) mass is 345 g/mol. The molecule has 0 N–H and O–H groups in total. The van der Waals surface area contributed by atoms with Crippen LogP contribution >= 0.6 is 0 Å². The summed E-state index contributed by atoms with van der Waals surface area (Å²) in [6, 6.07) is 1.02. The number of nitrogens with zero attached hydrogens (tertiary/aromatic N) is 1. The fraction of sp³-hybridized carbons (Fsp3) is 0.783. The lowest BCUT2D eigenvalue weighted by atomic mass is 9.75. The molecule has 1 heterocycles. The van der Waals surface area contributed by atoms with E-state index in [1.807, 2.05) is 0 Å². The quantitative estimate of drug-likeness (QED) is 0.354. The summed E-state index contributed by atoms with van der Waals surface area (Å²) in [6.07, 6.45) is 24.7. The molecule has 2 aliphatic rings. The van der Waals surface area contributed by atoms with E-state index in [0.29, 0.717) is 23.8 Å². The molecule has 0 aromatic rings. The highest BCUT2D eigenvalue weighted by Crippen LogP contribution is 2.36. The van der Waals surface area contributed by atoms with E-state index in [9.17, 15) is 4.79 Å². The number of hydrogen-bond acceptors (Lipinski definition) is 2. The third kappa shape index (κ3) is 6.73. The minimum absolute atomic E-state index is 0.346. The molecule has 0 aromatic carbocycles. The molecule has 3 atom stereocenters. The van der Waals surface area contributed by atoms with Gasteiger partial charge in [0.25, 0.3) is 0 Å². The van der Waals surface area contributed by atoms with E-state index in [1.54, 1.807) is 0 Å². The smallest absolute Gasteiger partial charge is 0.139 e. The number of unbranched alkanes of at least 4 members (excludes halogenated alkanes) is 4. The highest BCUT2D eigenvalue weighted by molar-refractivity contribution is 5.83. The van der Waals surface area contributed by atoms with Crippen LogP contribution < -0.4 is 0 Å². The third-order valence-corrected chi connectivity index (χ3v) is 6.17. The Morgan fingerprint density at radius 2 is 1.72 bits per heavy atom. The van der Waals surface area contributed by atoms with Gasteiger partial charge in [-0.2, -0.15) is 0 Å². The normalized spacial score (nSPS) is 28.1. The number of ketones is 1. The van der Waals surface area contributed by atoms with Crippen LogP contribution in [0.3, 0.4) is 0 Å². The van der Waals surface area contributed by atoms with Crippen LogP contribution in [0.1, 0.15) is 90.4 Å². The molecule has 3 unspecified atom stereocenters. The molecular formula is C23H39NO. The number of piperidine rings is 1. The molecule has 1 saturated carbocycles. The highest BCUT2D eigenvalue weighted by atomic mass is 16.1. The average Bonchev–Trinajstić information content (AvgIpc) is 2.63. The van der Waals surface area contributed by atoms with E-state index < -0.39 is 0 Å². The SMILES string of the molecule is CCCCCC=CCC=CCCCC1CC(=O)C2CCCCC2N1C. The van der Waals surface area contributed by atoms with Gasteiger partial charge >= 0.3 is 0 Å². The highest BCUT2D eigenvalue weighted by Gasteiger charge is 2.40. The molecule has 0 amide bonds. The molecule has 0 aromatic heterocycles. The lowest BCUT2D eigenvalue weighted by molar-refractivity contribution is -0.133. The minimum Gasteiger partial charge on any atom is -0.299 e. The van der Waals surface area contributed by atoms with Crippen molar-refractivity contribution in [3.8, 4) is 0 Å². The topological polar surface area (TPSA) is 20.3 Å². The molecule has 2 nitrogen and oxygen atoms in total. The Hall–Kier alpha value is -0.890. The van der Waals surface area contributed by atoms with Crippen LogP contribution in [0, 0.1) is 5.92 Å². The van der Waals surface area contributed by atoms with Gasteiger partial charge in [0.2, 0.25) is 0 Å². The summed E-state index contributed by atoms with van der Waals surface area (Å²) in [7, 11) is 2.26. The molecule has 2 rings (SSSR count). The fourth-order valence-electron chi connectivity index (χ4n) is 4.57. The Morgan fingerprint density at radius 1 is 1.00 bits per heavy atom. The number of Topliss-reactive ketones (excluding diaryl/α,β-unsaturated/α-hetero) is 1. The van der Waals surface area contributed by atoms with Gasteiger partial charge in [-0.3, -0.25) is 9.69 Å². The second-order valence-corrected chi connectivity index (χ2v) is 8.05. The van der Waals surface area contributed by atoms with Crippen molar-refractivity contribution < 1.29 is 4.79 Å². The summed E-state index contributed by atoms with van der Waals surface area (Å²) in [5, 5.41) is 0. The number of fused-ring (bicyclic) bond motifs is 1. The van der Waals surface area contributed by atoms with Crippen molar-refractivity contribution in [2.24, 2.45) is 5.92 Å². The Bertz CT molecular complexity index is 439. The largest absolute Gasteiger partial charge is 0.299 e. The standard InChI is InChI=1S/C23H39NO/c1-3-4-5-6-7-8-9-10-11-12-13-16-20-19-23(25)21-17-14-15-18-22(21)24(20)2/h7-8,10-11,20-22H,3-6,9,12-19H2,1-2H3. The number of likely N-dealkylation sites (tertiary alicyclic amines) is 1. The first-order valence-corrected chi connectivity index (χ1v) is 10.8. The molecule has 142 valence electrons. The van der Waals surface area contributed by atoms with Crippen LogP contribution in [-0.2, 0) is 4.79 Å². The van der Waals surface area contributed by atoms with Gasteiger partial charge in [0, 0.05) is 24.4 Å². The average molecular weight is 346 g/mol. The van der Waals surface area contributed by atoms with Gasteiger partial charge in [-0.1, -0.05) is 56.9 Å². The van der Waals surface area contributed by atoms with Crippen LogP contribution in [0.15, 0.2) is 24.3 Å². The van der Waals surface area contributed by atoms with Gasteiger partial charge in [-0.25, -0.2) is 0 Å². The van der Waals surface area contributed by atoms with Crippen molar-refractivity contribution in [3.63, 3.8) is 0 Å². The Labute approximate surface area is 155 Å². The molecule has 1 aliphatic carbocycles. The van der Waals surface area contributed by atoms with Gasteiger partial charge in [0.15, 0.2) is 0 Å². The molecule has 1 saturated heterocycles. The van der Waals surface area contributed by atoms with E-state index in [0.717, 1.165) is 25.7 Å². The number of allylic oxidation sites excluding steroid dienone is 4. The van der Waals surface area contributed by atoms with Gasteiger partial charge in [-0.15, -0.1) is 0 Å². The summed E-state index contributed by atoms with van der Waals surface area (Å²) in [4.78, 5) is 15.0. The molecule has 1 aliphatic heterocycles. The van der Waals surface area contributed by atoms with Gasteiger partial charge in [0.1, 0.15) is 5.78 Å². The maximum absolute atomic E-state index is 12.4. The predicted octanol–water partition coefficient (Wildman–Crippen LogP) is 6.07. The predicted molar refractivity (Wildman–Crippen MR) is 108 cm³/mol. The first-order valence-electron chi connectivity index (χ1n) is 10.8. The van der Waals surface area contributed by atoms with E-state index in [4.69, 9.17) is 0 Å². The molecule has 0 radical (unpaired) electrons. The zero-order valence-corrected chi connectivity index (χ0v) is 16.6. The van der Waals surface area contributed by atoms with Crippen molar-refractivity contribution in [2.75, 3.05) is 7.05 Å². The van der Waals surface area contributed by atoms with E-state index in [-0.39, 0.29) is 0 Å². The van der Waals surface area contributed by atoms with Crippen molar-refractivity contribution in [2.45, 2.75) is 102 Å². The van der Waals surface area contributed by atoms with Crippen molar-refractivity contribution >= 4 is 5.78 Å². The fourth-order valence-corrected chi connectivity index (χ4v) is 4.57. The maximum atomic E-state index is 12.4. The van der Waals surface area contributed by atoms with Crippen LogP contribution in [-0.4, -0.2) is 29.8 Å². The van der Waals surface area contributed by atoms with Crippen molar-refractivity contribution in [1.82, 2.24) is 4.90 Å². The maximum Gasteiger partial charge on any atom is 0.139 e. The van der Waals surface area contributed by atoms with Gasteiger partial charge in [-0.05, 0) is 58.4 Å². The molecule has 0 bridgehead atoms. The zero-order chi connectivity index (χ0) is 17.9. The molecule has 0 spiro atoms. The number of hydrogen-bond donors (Lipinski definition) is 0. The summed E-state index contributed by atoms with van der Waals surface area (Å²) in [5.41, 5.74) is 0. The number of rotatable bonds is 10. The molecule has 2 fully saturated rings. The lowest BCUT2D eigenvalue weighted by Crippen LogP contribution is -2.53. The summed E-state index contributed by atoms with van der Waals surface area (Å²) in [5.74, 6) is 0.899. The molecule has 25 heavy (non-hydrogen) atoms. The zero-order valence-electron chi connectivity index (χ0n) is 16.6. The third-order valence-electron chi connectivity index (χ3n) is 6.17. The van der Waals surface area contributed by atoms with E-state index in [1.165, 1.54) is 57.8 Å². The van der Waals surface area contributed by atoms with Gasteiger partial charge in [0.05, 0.1) is 0 Å². The molecule has 2 heteroatoms. The van der Waals surface area contributed by atoms with Crippen LogP contribution in [0.5, 0.6) is 0 Å². The van der Waals surface area contributed by atoms with E-state index in [2.05, 4.69) is 43.2 Å². The summed E-state index contributed by atoms with van der Waals surface area (Å²) < 4.78 is 0. The van der Waals surface area contributed by atoms with Crippen LogP contribution in [0.25, 0.3) is 0 Å². The second kappa shape index (κ2) is 11.7. The van der Waals surface area contributed by atoms with E-state index >= 15 is 0 Å². The van der Waals surface area contributed by atoms with Crippen LogP contribution in [0.2, 0.25) is 0 Å². The Kier molecular flexibility index (Phi) is 9.54. The summed E-state index contributed by atoms with van der Waals surface area (Å²) >= 11 is 0. The van der Waals surface area contributed by atoms with Crippen molar-refractivity contribution in [1.29, 1.82) is 0 Å².